The molecule has 0 radical (unpaired) electrons. The first-order chi connectivity index (χ1) is 9.53. The van der Waals surface area contributed by atoms with Crippen LogP contribution in [0, 0.1) is 17.3 Å². The van der Waals surface area contributed by atoms with Crippen LogP contribution < -0.4 is 5.32 Å². The lowest BCUT2D eigenvalue weighted by atomic mass is 9.77. The maximum absolute atomic E-state index is 13.0. The molecule has 1 aliphatic heterocycles. The molecule has 3 heteroatoms. The van der Waals surface area contributed by atoms with E-state index in [-0.39, 0.29) is 5.41 Å². The Kier molecular flexibility index (Phi) is 5.48. The van der Waals surface area contributed by atoms with Gasteiger partial charge in [-0.25, -0.2) is 0 Å². The van der Waals surface area contributed by atoms with Crippen LogP contribution in [0.25, 0.3) is 0 Å². The van der Waals surface area contributed by atoms with Crippen LogP contribution in [0.4, 0.5) is 0 Å². The lowest BCUT2D eigenvalue weighted by Crippen LogP contribution is -2.44. The molecule has 1 saturated heterocycles. The molecule has 1 heterocycles. The zero-order chi connectivity index (χ0) is 14.6. The summed E-state index contributed by atoms with van der Waals surface area (Å²) < 4.78 is 0. The molecule has 1 amide bonds. The molecule has 0 aromatic carbocycles. The third-order valence-corrected chi connectivity index (χ3v) is 5.15. The molecule has 0 unspecified atom stereocenters. The highest BCUT2D eigenvalue weighted by Crippen LogP contribution is 2.44. The Morgan fingerprint density at radius 1 is 1.25 bits per heavy atom. The zero-order valence-corrected chi connectivity index (χ0v) is 13.6. The second kappa shape index (κ2) is 6.93. The average Bonchev–Trinajstić information content (AvgIpc) is 2.87. The fourth-order valence-corrected chi connectivity index (χ4v) is 4.28. The summed E-state index contributed by atoms with van der Waals surface area (Å²) >= 11 is 0. The molecule has 20 heavy (non-hydrogen) atoms. The van der Waals surface area contributed by atoms with Crippen LogP contribution in [0.3, 0.4) is 0 Å². The van der Waals surface area contributed by atoms with Gasteiger partial charge in [0.15, 0.2) is 0 Å². The summed E-state index contributed by atoms with van der Waals surface area (Å²) in [6, 6.07) is 0. The van der Waals surface area contributed by atoms with Gasteiger partial charge in [0, 0.05) is 19.0 Å². The van der Waals surface area contributed by atoms with Crippen molar-refractivity contribution in [3.63, 3.8) is 0 Å². The number of carbonyl (C=O) groups is 1. The van der Waals surface area contributed by atoms with E-state index in [1.165, 1.54) is 25.7 Å². The molecule has 116 valence electrons. The second-order valence-corrected chi connectivity index (χ2v) is 7.46. The Morgan fingerprint density at radius 2 is 1.85 bits per heavy atom. The van der Waals surface area contributed by atoms with Crippen molar-refractivity contribution < 1.29 is 4.79 Å². The lowest BCUT2D eigenvalue weighted by molar-refractivity contribution is -0.142. The third kappa shape index (κ3) is 3.75. The van der Waals surface area contributed by atoms with Crippen molar-refractivity contribution in [2.45, 2.75) is 58.8 Å². The number of nitrogens with one attached hydrogen (secondary N) is 1. The number of nitrogens with zero attached hydrogens (tertiary/aromatic N) is 1. The number of piperidine rings is 1. The largest absolute Gasteiger partial charge is 0.345 e. The van der Waals surface area contributed by atoms with Gasteiger partial charge in [0.25, 0.3) is 0 Å². The summed E-state index contributed by atoms with van der Waals surface area (Å²) in [6.45, 7) is 7.69. The van der Waals surface area contributed by atoms with E-state index >= 15 is 0 Å². The first kappa shape index (κ1) is 15.8. The minimum atomic E-state index is -0.0319. The van der Waals surface area contributed by atoms with E-state index in [2.05, 4.69) is 24.1 Å². The van der Waals surface area contributed by atoms with Crippen LogP contribution in [0.15, 0.2) is 0 Å². The van der Waals surface area contributed by atoms with Gasteiger partial charge in [0.1, 0.15) is 0 Å². The van der Waals surface area contributed by atoms with E-state index in [4.69, 9.17) is 0 Å². The number of hydrogen-bond donors (Lipinski definition) is 1. The number of carbonyl (C=O) groups excluding carboxylic acids is 1. The summed E-state index contributed by atoms with van der Waals surface area (Å²) in [6.07, 6.45) is 8.20. The van der Waals surface area contributed by atoms with E-state index in [0.717, 1.165) is 38.9 Å². The van der Waals surface area contributed by atoms with E-state index in [0.29, 0.717) is 17.7 Å². The minimum absolute atomic E-state index is 0.0319. The summed E-state index contributed by atoms with van der Waals surface area (Å²) in [5.74, 6) is 1.74. The summed E-state index contributed by atoms with van der Waals surface area (Å²) in [5, 5.41) is 3.40. The molecule has 0 aromatic heterocycles. The summed E-state index contributed by atoms with van der Waals surface area (Å²) in [5.41, 5.74) is -0.0319. The molecular formula is C17H32N2O. The van der Waals surface area contributed by atoms with Crippen LogP contribution in [0.2, 0.25) is 0 Å². The smallest absolute Gasteiger partial charge is 0.228 e. The van der Waals surface area contributed by atoms with E-state index < -0.39 is 0 Å². The number of amides is 1. The number of hydrogen-bond acceptors (Lipinski definition) is 2. The molecule has 1 saturated carbocycles. The monoisotopic (exact) mass is 280 g/mol. The van der Waals surface area contributed by atoms with Crippen LogP contribution in [0.1, 0.15) is 58.8 Å². The molecule has 0 atom stereocenters. The van der Waals surface area contributed by atoms with E-state index in [1.807, 2.05) is 7.05 Å². The molecule has 2 aliphatic rings. The predicted octanol–water partition coefficient (Wildman–Crippen LogP) is 3.05. The molecule has 0 aromatic rings. The van der Waals surface area contributed by atoms with Gasteiger partial charge < -0.3 is 10.2 Å². The molecule has 1 N–H and O–H groups in total. The molecule has 0 spiro atoms. The SMILES string of the molecule is CC(C)CC1(C(=O)N(C)CC2CCNCC2)CCCC1. The zero-order valence-electron chi connectivity index (χ0n) is 13.6. The fraction of sp³-hybridized carbons (Fsp3) is 0.941. The Bertz CT molecular complexity index is 315. The highest BCUT2D eigenvalue weighted by Gasteiger charge is 2.43. The first-order valence-corrected chi connectivity index (χ1v) is 8.50. The lowest BCUT2D eigenvalue weighted by Gasteiger charge is -2.36. The Labute approximate surface area is 124 Å². The fourth-order valence-electron chi connectivity index (χ4n) is 4.28. The second-order valence-electron chi connectivity index (χ2n) is 7.46. The number of rotatable bonds is 5. The molecule has 0 bridgehead atoms. The van der Waals surface area contributed by atoms with Gasteiger partial charge in [-0.1, -0.05) is 26.7 Å². The third-order valence-electron chi connectivity index (χ3n) is 5.15. The molecular weight excluding hydrogens is 248 g/mol. The van der Waals surface area contributed by atoms with Crippen LogP contribution in [-0.4, -0.2) is 37.5 Å². The van der Waals surface area contributed by atoms with Crippen molar-refractivity contribution in [3.05, 3.63) is 0 Å². The Hall–Kier alpha value is -0.570. The highest BCUT2D eigenvalue weighted by molar-refractivity contribution is 5.82. The van der Waals surface area contributed by atoms with E-state index in [1.54, 1.807) is 0 Å². The summed E-state index contributed by atoms with van der Waals surface area (Å²) in [7, 11) is 2.03. The van der Waals surface area contributed by atoms with Crippen molar-refractivity contribution >= 4 is 5.91 Å². The molecule has 2 fully saturated rings. The van der Waals surface area contributed by atoms with Crippen LogP contribution in [0.5, 0.6) is 0 Å². The van der Waals surface area contributed by atoms with Gasteiger partial charge in [-0.15, -0.1) is 0 Å². The maximum atomic E-state index is 13.0. The Balaban J connectivity index is 1.95. The topological polar surface area (TPSA) is 32.3 Å². The van der Waals surface area contributed by atoms with Crippen molar-refractivity contribution in [2.24, 2.45) is 17.3 Å². The normalized spacial score (nSPS) is 23.2. The molecule has 2 rings (SSSR count). The average molecular weight is 280 g/mol. The Morgan fingerprint density at radius 3 is 2.40 bits per heavy atom. The summed E-state index contributed by atoms with van der Waals surface area (Å²) in [4.78, 5) is 15.0. The quantitative estimate of drug-likeness (QED) is 0.839. The highest BCUT2D eigenvalue weighted by atomic mass is 16.2. The van der Waals surface area contributed by atoms with Gasteiger partial charge in [-0.2, -0.15) is 0 Å². The predicted molar refractivity (Wildman–Crippen MR) is 83.6 cm³/mol. The van der Waals surface area contributed by atoms with Crippen LogP contribution >= 0.6 is 0 Å². The van der Waals surface area contributed by atoms with E-state index in [9.17, 15) is 4.79 Å². The van der Waals surface area contributed by atoms with Crippen molar-refractivity contribution in [1.82, 2.24) is 10.2 Å². The van der Waals surface area contributed by atoms with Gasteiger partial charge in [-0.05, 0) is 57.0 Å². The van der Waals surface area contributed by atoms with Crippen LogP contribution in [-0.2, 0) is 4.79 Å². The molecule has 3 nitrogen and oxygen atoms in total. The molecule has 1 aliphatic carbocycles. The van der Waals surface area contributed by atoms with Crippen molar-refractivity contribution in [2.75, 3.05) is 26.7 Å². The maximum Gasteiger partial charge on any atom is 0.228 e. The standard InChI is InChI=1S/C17H32N2O/c1-14(2)12-17(8-4-5-9-17)16(20)19(3)13-15-6-10-18-11-7-15/h14-15,18H,4-13H2,1-3H3. The first-order valence-electron chi connectivity index (χ1n) is 8.50. The van der Waals surface area contributed by atoms with Crippen molar-refractivity contribution in [1.29, 1.82) is 0 Å². The van der Waals surface area contributed by atoms with Crippen molar-refractivity contribution in [3.8, 4) is 0 Å². The van der Waals surface area contributed by atoms with Gasteiger partial charge in [-0.3, -0.25) is 4.79 Å². The van der Waals surface area contributed by atoms with Gasteiger partial charge in [0.05, 0.1) is 0 Å². The minimum Gasteiger partial charge on any atom is -0.345 e. The van der Waals surface area contributed by atoms with Gasteiger partial charge >= 0.3 is 0 Å². The van der Waals surface area contributed by atoms with Gasteiger partial charge in [0.2, 0.25) is 5.91 Å².